The maximum absolute atomic E-state index is 3.77. The van der Waals surface area contributed by atoms with Crippen LogP contribution in [0.2, 0.25) is 0 Å². The number of anilines is 1. The van der Waals surface area contributed by atoms with Crippen molar-refractivity contribution in [3.05, 3.63) is 29.8 Å². The third kappa shape index (κ3) is 1.17. The fraction of sp³-hybridized carbons (Fsp3) is 0.538. The van der Waals surface area contributed by atoms with Gasteiger partial charge in [-0.1, -0.05) is 29.0 Å². The van der Waals surface area contributed by atoms with Crippen molar-refractivity contribution < 1.29 is 0 Å². The van der Waals surface area contributed by atoms with Gasteiger partial charge in [0, 0.05) is 29.9 Å². The van der Waals surface area contributed by atoms with Crippen LogP contribution in [-0.4, -0.2) is 34.7 Å². The number of hydrogen-bond acceptors (Lipinski definition) is 4. The van der Waals surface area contributed by atoms with Gasteiger partial charge in [0.2, 0.25) is 0 Å². The number of nitrogens with one attached hydrogen (secondary N) is 2. The van der Waals surface area contributed by atoms with Gasteiger partial charge in [-0.05, 0) is 18.1 Å². The van der Waals surface area contributed by atoms with Gasteiger partial charge in [0.05, 0.1) is 5.25 Å². The summed E-state index contributed by atoms with van der Waals surface area (Å²) in [4.78, 5) is 0. The Labute approximate surface area is 113 Å². The zero-order valence-electron chi connectivity index (χ0n) is 10.1. The molecule has 5 aliphatic heterocycles. The maximum atomic E-state index is 3.77. The Bertz CT molecular complexity index is 513. The van der Waals surface area contributed by atoms with Crippen molar-refractivity contribution in [2.75, 3.05) is 23.5 Å². The van der Waals surface area contributed by atoms with Crippen LogP contribution in [0.25, 0.3) is 0 Å². The van der Waals surface area contributed by atoms with Crippen LogP contribution in [0.1, 0.15) is 17.2 Å². The van der Waals surface area contributed by atoms with Crippen LogP contribution in [0, 0.1) is 0 Å². The normalized spacial score (nSPS) is 47.9. The Hall–Kier alpha value is -0.360. The SMILES string of the molecule is c1ccc2c(c1)NC1C2SS23CCC(CN12)NC3. The van der Waals surface area contributed by atoms with Gasteiger partial charge in [0.25, 0.3) is 0 Å². The summed E-state index contributed by atoms with van der Waals surface area (Å²) in [5.41, 5.74) is 2.90. The Morgan fingerprint density at radius 2 is 2.28 bits per heavy atom. The molecule has 1 aromatic carbocycles. The largest absolute Gasteiger partial charge is 0.367 e. The molecular formula is C13H17N3S2. The summed E-state index contributed by atoms with van der Waals surface area (Å²) in [6.45, 7) is 1.25. The van der Waals surface area contributed by atoms with Crippen molar-refractivity contribution >= 4 is 25.7 Å². The zero-order valence-corrected chi connectivity index (χ0v) is 11.8. The maximum Gasteiger partial charge on any atom is 0.105 e. The second-order valence-electron chi connectivity index (χ2n) is 5.60. The molecule has 0 aromatic heterocycles. The minimum Gasteiger partial charge on any atom is -0.367 e. The van der Waals surface area contributed by atoms with Gasteiger partial charge in [-0.2, -0.15) is 0 Å². The van der Waals surface area contributed by atoms with Gasteiger partial charge in [0.1, 0.15) is 6.17 Å². The van der Waals surface area contributed by atoms with E-state index in [0.717, 1.165) is 6.04 Å². The first kappa shape index (κ1) is 10.4. The Morgan fingerprint density at radius 3 is 3.17 bits per heavy atom. The van der Waals surface area contributed by atoms with Crippen LogP contribution < -0.4 is 10.6 Å². The average molecular weight is 279 g/mol. The highest BCUT2D eigenvalue weighted by molar-refractivity contribution is 8.93. The van der Waals surface area contributed by atoms with Crippen molar-refractivity contribution in [3.8, 4) is 0 Å². The molecule has 18 heavy (non-hydrogen) atoms. The van der Waals surface area contributed by atoms with E-state index in [1.54, 1.807) is 0 Å². The lowest BCUT2D eigenvalue weighted by molar-refractivity contribution is 0.300. The van der Waals surface area contributed by atoms with E-state index >= 15 is 0 Å². The standard InChI is InChI=1S/C13H17N3S2/c1-2-4-11-10(3-1)12-13(15-11)16-7-9-5-6-18(16,17-12)8-14-9/h1-4,9,12-15H,5-8H2. The number of para-hydroxylation sites is 1. The fourth-order valence-corrected chi connectivity index (χ4v) is 11.4. The van der Waals surface area contributed by atoms with Crippen molar-refractivity contribution in [1.29, 1.82) is 0 Å². The lowest BCUT2D eigenvalue weighted by Gasteiger charge is -2.55. The van der Waals surface area contributed by atoms with Crippen molar-refractivity contribution in [2.24, 2.45) is 0 Å². The third-order valence-electron chi connectivity index (χ3n) is 4.66. The molecule has 1 spiro atoms. The van der Waals surface area contributed by atoms with Crippen molar-refractivity contribution in [1.82, 2.24) is 9.62 Å². The second kappa shape index (κ2) is 3.39. The van der Waals surface area contributed by atoms with Gasteiger partial charge < -0.3 is 10.6 Å². The molecular weight excluding hydrogens is 262 g/mol. The average Bonchev–Trinajstić information content (AvgIpc) is 2.93. The molecule has 2 bridgehead atoms. The molecule has 96 valence electrons. The molecule has 0 radical (unpaired) electrons. The molecule has 0 aliphatic carbocycles. The first-order valence-electron chi connectivity index (χ1n) is 6.68. The fourth-order valence-electron chi connectivity index (χ4n) is 3.72. The highest BCUT2D eigenvalue weighted by Gasteiger charge is 2.56. The van der Waals surface area contributed by atoms with Crippen LogP contribution in [0.3, 0.4) is 0 Å². The molecule has 5 aliphatic rings. The highest BCUT2D eigenvalue weighted by Crippen LogP contribution is 2.78. The van der Waals surface area contributed by atoms with E-state index < -0.39 is 9.25 Å². The molecule has 4 unspecified atom stereocenters. The molecule has 3 nitrogen and oxygen atoms in total. The molecule has 5 heteroatoms. The van der Waals surface area contributed by atoms with E-state index in [4.69, 9.17) is 0 Å². The number of hydrogen-bond donors (Lipinski definition) is 2. The molecule has 1 aromatic rings. The molecule has 0 amide bonds. The second-order valence-corrected chi connectivity index (χ2v) is 11.5. The minimum absolute atomic E-state index is 0.562. The number of fused-ring (bicyclic) bond motifs is 5. The summed E-state index contributed by atoms with van der Waals surface area (Å²) in [5.74, 6) is 2.69. The highest BCUT2D eigenvalue weighted by atomic mass is 33.2. The molecule has 0 saturated carbocycles. The molecule has 5 heterocycles. The first-order chi connectivity index (χ1) is 8.86. The summed E-state index contributed by atoms with van der Waals surface area (Å²) in [6.07, 6.45) is 1.95. The van der Waals surface area contributed by atoms with E-state index in [9.17, 15) is 0 Å². The predicted octanol–water partition coefficient (Wildman–Crippen LogP) is 2.50. The Morgan fingerprint density at radius 1 is 1.33 bits per heavy atom. The van der Waals surface area contributed by atoms with E-state index in [-0.39, 0.29) is 0 Å². The van der Waals surface area contributed by atoms with Crippen LogP contribution in [0.5, 0.6) is 0 Å². The van der Waals surface area contributed by atoms with Crippen LogP contribution >= 0.6 is 20.0 Å². The van der Waals surface area contributed by atoms with Crippen LogP contribution in [-0.2, 0) is 0 Å². The summed E-state index contributed by atoms with van der Waals surface area (Å²) in [5, 5.41) is 8.18. The van der Waals surface area contributed by atoms with Crippen LogP contribution in [0.15, 0.2) is 24.3 Å². The third-order valence-corrected chi connectivity index (χ3v) is 11.6. The minimum atomic E-state index is -0.601. The van der Waals surface area contributed by atoms with E-state index in [1.807, 2.05) is 0 Å². The summed E-state index contributed by atoms with van der Waals surface area (Å²) in [7, 11) is 1.68. The molecule has 4 fully saturated rings. The number of nitrogens with zero attached hydrogens (tertiary/aromatic N) is 1. The monoisotopic (exact) mass is 279 g/mol. The topological polar surface area (TPSA) is 27.3 Å². The van der Waals surface area contributed by atoms with Crippen molar-refractivity contribution in [2.45, 2.75) is 23.9 Å². The van der Waals surface area contributed by atoms with E-state index in [0.29, 0.717) is 11.4 Å². The molecule has 6 rings (SSSR count). The number of rotatable bonds is 0. The molecule has 4 atom stereocenters. The van der Waals surface area contributed by atoms with Gasteiger partial charge in [-0.3, -0.25) is 0 Å². The van der Waals surface area contributed by atoms with Crippen LogP contribution in [0.4, 0.5) is 5.69 Å². The predicted molar refractivity (Wildman–Crippen MR) is 79.8 cm³/mol. The first-order valence-corrected chi connectivity index (χ1v) is 10.0. The smallest absolute Gasteiger partial charge is 0.105 e. The molecule has 4 saturated heterocycles. The van der Waals surface area contributed by atoms with Gasteiger partial charge in [0.15, 0.2) is 0 Å². The summed E-state index contributed by atoms with van der Waals surface area (Å²) in [6, 6.07) is 9.61. The summed E-state index contributed by atoms with van der Waals surface area (Å²) >= 11 is 0. The van der Waals surface area contributed by atoms with E-state index in [1.165, 1.54) is 35.8 Å². The summed E-state index contributed by atoms with van der Waals surface area (Å²) < 4.78 is 2.83. The van der Waals surface area contributed by atoms with Crippen molar-refractivity contribution in [3.63, 3.8) is 0 Å². The Balaban J connectivity index is 1.60. The number of benzene rings is 1. The lowest BCUT2D eigenvalue weighted by Crippen LogP contribution is -2.57. The molecule has 2 N–H and O–H groups in total. The zero-order chi connectivity index (χ0) is 11.7. The van der Waals surface area contributed by atoms with Gasteiger partial charge in [-0.15, -0.1) is 9.25 Å². The Kier molecular flexibility index (Phi) is 1.97. The quantitative estimate of drug-likeness (QED) is 0.714. The van der Waals surface area contributed by atoms with Gasteiger partial charge >= 0.3 is 0 Å². The lowest BCUT2D eigenvalue weighted by atomic mass is 10.1. The van der Waals surface area contributed by atoms with Gasteiger partial charge in [-0.25, -0.2) is 4.31 Å². The van der Waals surface area contributed by atoms with E-state index in [2.05, 4.69) is 50.0 Å².